The number of allylic oxidation sites excluding steroid dienone is 1. The van der Waals surface area contributed by atoms with Gasteiger partial charge in [-0.1, -0.05) is 84.2 Å². The van der Waals surface area contributed by atoms with Crippen molar-refractivity contribution in [2.75, 3.05) is 6.26 Å². The lowest BCUT2D eigenvalue weighted by atomic mass is 9.96. The Kier molecular flexibility index (Phi) is 8.47. The molecule has 0 radical (unpaired) electrons. The predicted octanol–water partition coefficient (Wildman–Crippen LogP) is 8.78. The molecule has 168 valence electrons. The van der Waals surface area contributed by atoms with Crippen LogP contribution >= 0.6 is 35.3 Å². The van der Waals surface area contributed by atoms with Crippen LogP contribution in [0.4, 0.5) is 0 Å². The van der Waals surface area contributed by atoms with E-state index in [1.165, 1.54) is 16.7 Å². The molecule has 4 rings (SSSR count). The number of benzene rings is 4. The minimum Gasteiger partial charge on any atom is -0.300 e. The molecule has 0 atom stereocenters. The Morgan fingerprint density at radius 2 is 1.09 bits per heavy atom. The highest BCUT2D eigenvalue weighted by Crippen LogP contribution is 2.30. The van der Waals surface area contributed by atoms with Crippen molar-refractivity contribution in [3.63, 3.8) is 0 Å². The molecule has 2 nitrogen and oxygen atoms in total. The van der Waals surface area contributed by atoms with E-state index in [4.69, 9.17) is 10.8 Å². The Balaban J connectivity index is 1.63. The third-order valence-corrected chi connectivity index (χ3v) is 7.64. The van der Waals surface area contributed by atoms with Crippen LogP contribution < -0.4 is 0 Å². The Labute approximate surface area is 213 Å². The molecule has 0 saturated heterocycles. The van der Waals surface area contributed by atoms with Crippen LogP contribution in [0.5, 0.6) is 0 Å². The molecule has 2 N–H and O–H groups in total. The van der Waals surface area contributed by atoms with Crippen LogP contribution in [-0.4, -0.2) is 17.0 Å². The highest BCUT2D eigenvalue weighted by atomic mass is 32.2. The lowest BCUT2D eigenvalue weighted by Crippen LogP contribution is -2.05. The third-order valence-electron chi connectivity index (χ3n) is 5.04. The van der Waals surface area contributed by atoms with E-state index < -0.39 is 0 Å². The minimum absolute atomic E-state index is 0.398. The molecule has 4 aromatic carbocycles. The second kappa shape index (κ2) is 11.9. The summed E-state index contributed by atoms with van der Waals surface area (Å²) in [4.78, 5) is 4.50. The highest BCUT2D eigenvalue weighted by molar-refractivity contribution is 8.14. The molecular formula is C29H24N2S3. The predicted molar refractivity (Wildman–Crippen MR) is 150 cm³/mol. The zero-order chi connectivity index (χ0) is 23.8. The highest BCUT2D eigenvalue weighted by Gasteiger charge is 2.13. The molecule has 4 aromatic rings. The van der Waals surface area contributed by atoms with Crippen LogP contribution in [0, 0.1) is 10.8 Å². The van der Waals surface area contributed by atoms with Crippen LogP contribution in [0.1, 0.15) is 11.1 Å². The van der Waals surface area contributed by atoms with Crippen LogP contribution in [0.15, 0.2) is 135 Å². The smallest absolute Gasteiger partial charge is 0.0924 e. The quantitative estimate of drug-likeness (QED) is 0.146. The lowest BCUT2D eigenvalue weighted by molar-refractivity contribution is 1.39. The topological polar surface area (TPSA) is 47.7 Å². The first-order valence-electron chi connectivity index (χ1n) is 10.7. The third kappa shape index (κ3) is 6.54. The molecular weight excluding hydrogens is 473 g/mol. The maximum Gasteiger partial charge on any atom is 0.0924 e. The van der Waals surface area contributed by atoms with E-state index in [0.29, 0.717) is 10.8 Å². The summed E-state index contributed by atoms with van der Waals surface area (Å²) in [6.07, 6.45) is 3.85. The van der Waals surface area contributed by atoms with Gasteiger partial charge in [-0.05, 0) is 66.4 Å². The fourth-order valence-electron chi connectivity index (χ4n) is 3.32. The molecule has 5 heteroatoms. The molecule has 0 fully saturated rings. The fourth-order valence-corrected chi connectivity index (χ4v) is 5.29. The standard InChI is InChI=1S/C29H24N2S3/c1-32-23-16-14-22(15-17-23)29(31)27(20-28(30)34-25-10-6-3-7-11-25)21-12-18-26(19-13-21)33-24-8-4-2-5-9-24/h2-20,30-31H,1H3/b27-20-,30-28?,31-29?. The van der Waals surface area contributed by atoms with Crippen molar-refractivity contribution in [3.8, 4) is 0 Å². The lowest BCUT2D eigenvalue weighted by Gasteiger charge is -2.12. The average molecular weight is 497 g/mol. The van der Waals surface area contributed by atoms with Gasteiger partial charge in [0.1, 0.15) is 0 Å². The molecule has 0 amide bonds. The normalized spacial score (nSPS) is 11.3. The number of hydrogen-bond acceptors (Lipinski definition) is 5. The van der Waals surface area contributed by atoms with E-state index in [1.54, 1.807) is 23.5 Å². The first-order valence-corrected chi connectivity index (χ1v) is 13.6. The van der Waals surface area contributed by atoms with Gasteiger partial charge in [-0.3, -0.25) is 10.8 Å². The van der Waals surface area contributed by atoms with Gasteiger partial charge in [0, 0.05) is 30.7 Å². The van der Waals surface area contributed by atoms with Gasteiger partial charge < -0.3 is 0 Å². The summed E-state index contributed by atoms with van der Waals surface area (Å²) in [6.45, 7) is 0. The van der Waals surface area contributed by atoms with Gasteiger partial charge in [0.25, 0.3) is 0 Å². The molecule has 0 unspecified atom stereocenters. The maximum absolute atomic E-state index is 8.97. The van der Waals surface area contributed by atoms with Crippen LogP contribution in [0.25, 0.3) is 5.57 Å². The van der Waals surface area contributed by atoms with Crippen LogP contribution in [0.3, 0.4) is 0 Å². The van der Waals surface area contributed by atoms with E-state index in [1.807, 2.05) is 97.3 Å². The fraction of sp³-hybridized carbons (Fsp3) is 0.0345. The molecule has 0 heterocycles. The van der Waals surface area contributed by atoms with Crippen LogP contribution in [0.2, 0.25) is 0 Å². The van der Waals surface area contributed by atoms with Crippen molar-refractivity contribution in [2.45, 2.75) is 19.6 Å². The second-order valence-corrected chi connectivity index (χ2v) is 10.5. The van der Waals surface area contributed by atoms with Gasteiger partial charge in [0.05, 0.1) is 10.8 Å². The Morgan fingerprint density at radius 3 is 1.68 bits per heavy atom. The van der Waals surface area contributed by atoms with Gasteiger partial charge in [-0.2, -0.15) is 0 Å². The largest absolute Gasteiger partial charge is 0.300 e. The monoisotopic (exact) mass is 496 g/mol. The van der Waals surface area contributed by atoms with E-state index in [-0.39, 0.29) is 0 Å². The summed E-state index contributed by atoms with van der Waals surface area (Å²) in [5, 5.41) is 18.0. The summed E-state index contributed by atoms with van der Waals surface area (Å²) >= 11 is 4.79. The van der Waals surface area contributed by atoms with Crippen molar-refractivity contribution < 1.29 is 0 Å². The summed E-state index contributed by atoms with van der Waals surface area (Å²) in [5.41, 5.74) is 2.91. The number of rotatable bonds is 8. The minimum atomic E-state index is 0.398. The summed E-state index contributed by atoms with van der Waals surface area (Å²) in [5.74, 6) is 0. The summed E-state index contributed by atoms with van der Waals surface area (Å²) in [7, 11) is 0. The van der Waals surface area contributed by atoms with Gasteiger partial charge in [-0.15, -0.1) is 11.8 Å². The van der Waals surface area contributed by atoms with Crippen molar-refractivity contribution in [2.24, 2.45) is 0 Å². The van der Waals surface area contributed by atoms with Gasteiger partial charge in [0.2, 0.25) is 0 Å². The zero-order valence-corrected chi connectivity index (χ0v) is 21.1. The second-order valence-electron chi connectivity index (χ2n) is 7.38. The molecule has 0 aliphatic rings. The number of nitrogens with one attached hydrogen (secondary N) is 2. The van der Waals surface area contributed by atoms with Gasteiger partial charge in [0.15, 0.2) is 0 Å². The molecule has 0 aromatic heterocycles. The first-order chi connectivity index (χ1) is 16.6. The van der Waals surface area contributed by atoms with Crippen molar-refractivity contribution in [1.82, 2.24) is 0 Å². The van der Waals surface area contributed by atoms with E-state index >= 15 is 0 Å². The van der Waals surface area contributed by atoms with Crippen molar-refractivity contribution in [3.05, 3.63) is 126 Å². The Morgan fingerprint density at radius 1 is 0.588 bits per heavy atom. The Bertz CT molecular complexity index is 1280. The molecule has 34 heavy (non-hydrogen) atoms. The SMILES string of the molecule is CSc1ccc(C(=N)/C(=C\C(=N)Sc2ccccc2)c2ccc(Sc3ccccc3)cc2)cc1. The van der Waals surface area contributed by atoms with Crippen LogP contribution in [-0.2, 0) is 0 Å². The molecule has 0 aliphatic carbocycles. The Hall–Kier alpha value is -2.99. The van der Waals surface area contributed by atoms with Crippen molar-refractivity contribution >= 4 is 51.6 Å². The molecule has 0 spiro atoms. The van der Waals surface area contributed by atoms with Gasteiger partial charge >= 0.3 is 0 Å². The summed E-state index contributed by atoms with van der Waals surface area (Å²) in [6, 6.07) is 36.5. The average Bonchev–Trinajstić information content (AvgIpc) is 2.89. The van der Waals surface area contributed by atoms with Crippen molar-refractivity contribution in [1.29, 1.82) is 10.8 Å². The first kappa shape index (κ1) is 24.1. The molecule has 0 saturated carbocycles. The zero-order valence-electron chi connectivity index (χ0n) is 18.7. The van der Waals surface area contributed by atoms with E-state index in [2.05, 4.69) is 24.3 Å². The number of hydrogen-bond donors (Lipinski definition) is 2. The van der Waals surface area contributed by atoms with E-state index in [0.717, 1.165) is 31.4 Å². The molecule has 0 bridgehead atoms. The number of thioether (sulfide) groups is 2. The summed E-state index contributed by atoms with van der Waals surface area (Å²) < 4.78 is 0. The maximum atomic E-state index is 8.97. The van der Waals surface area contributed by atoms with Gasteiger partial charge in [-0.25, -0.2) is 0 Å². The van der Waals surface area contributed by atoms with E-state index in [9.17, 15) is 0 Å². The molecule has 0 aliphatic heterocycles.